The van der Waals surface area contributed by atoms with E-state index in [0.29, 0.717) is 17.3 Å². The van der Waals surface area contributed by atoms with Crippen LogP contribution >= 0.6 is 23.4 Å². The van der Waals surface area contributed by atoms with Crippen LogP contribution in [0, 0.1) is 0 Å². The van der Waals surface area contributed by atoms with Crippen molar-refractivity contribution < 1.29 is 9.53 Å². The largest absolute Gasteiger partial charge is 0.494 e. The van der Waals surface area contributed by atoms with Gasteiger partial charge in [-0.05, 0) is 49.4 Å². The van der Waals surface area contributed by atoms with E-state index in [-0.39, 0.29) is 17.2 Å². The number of benzene rings is 2. The Bertz CT molecular complexity index is 1030. The van der Waals surface area contributed by atoms with Gasteiger partial charge < -0.3 is 14.6 Å². The summed E-state index contributed by atoms with van der Waals surface area (Å²) in [6.07, 6.45) is 0. The van der Waals surface area contributed by atoms with E-state index >= 15 is 0 Å². The van der Waals surface area contributed by atoms with Crippen LogP contribution in [0.3, 0.4) is 0 Å². The normalized spacial score (nSPS) is 10.8. The molecule has 2 aromatic carbocycles. The Labute approximate surface area is 166 Å². The number of aromatic nitrogens is 1. The monoisotopic (exact) mass is 402 g/mol. The second kappa shape index (κ2) is 8.50. The Morgan fingerprint density at radius 2 is 1.93 bits per heavy atom. The number of aryl methyl sites for hydroxylation is 1. The van der Waals surface area contributed by atoms with E-state index in [1.807, 2.05) is 31.2 Å². The van der Waals surface area contributed by atoms with Crippen molar-refractivity contribution >= 4 is 45.9 Å². The molecular formula is C20H19ClN2O3S. The van der Waals surface area contributed by atoms with Gasteiger partial charge in [0.25, 0.3) is 5.56 Å². The highest BCUT2D eigenvalue weighted by Crippen LogP contribution is 2.28. The highest BCUT2D eigenvalue weighted by atomic mass is 35.5. The molecule has 0 aliphatic rings. The van der Waals surface area contributed by atoms with E-state index in [0.717, 1.165) is 21.5 Å². The Balaban J connectivity index is 1.72. The zero-order valence-corrected chi connectivity index (χ0v) is 16.6. The van der Waals surface area contributed by atoms with Gasteiger partial charge in [0.1, 0.15) is 5.75 Å². The number of thioether (sulfide) groups is 1. The van der Waals surface area contributed by atoms with Gasteiger partial charge in [-0.1, -0.05) is 11.6 Å². The van der Waals surface area contributed by atoms with Crippen molar-refractivity contribution in [1.29, 1.82) is 0 Å². The highest BCUT2D eigenvalue weighted by molar-refractivity contribution is 8.00. The van der Waals surface area contributed by atoms with Gasteiger partial charge >= 0.3 is 0 Å². The van der Waals surface area contributed by atoms with E-state index < -0.39 is 0 Å². The van der Waals surface area contributed by atoms with E-state index in [9.17, 15) is 9.59 Å². The first-order valence-corrected chi connectivity index (χ1v) is 9.79. The molecule has 5 nitrogen and oxygen atoms in total. The summed E-state index contributed by atoms with van der Waals surface area (Å²) >= 11 is 7.41. The zero-order valence-electron chi connectivity index (χ0n) is 15.0. The number of halogens is 1. The fraction of sp³-hybridized carbons (Fsp3) is 0.200. The maximum Gasteiger partial charge on any atom is 0.251 e. The van der Waals surface area contributed by atoms with Crippen molar-refractivity contribution in [3.8, 4) is 5.75 Å². The number of anilines is 1. The van der Waals surface area contributed by atoms with Crippen LogP contribution in [0.2, 0.25) is 5.02 Å². The SMILES string of the molecule is CCOc1ccc(NC(=O)CSc2cc(=O)n(C)c3ccc(Cl)cc23)cc1. The molecule has 0 saturated carbocycles. The molecule has 0 spiro atoms. The van der Waals surface area contributed by atoms with Gasteiger partial charge in [-0.3, -0.25) is 9.59 Å². The third-order valence-electron chi connectivity index (χ3n) is 3.98. The fourth-order valence-corrected chi connectivity index (χ4v) is 3.70. The first kappa shape index (κ1) is 19.3. The number of hydrogen-bond acceptors (Lipinski definition) is 4. The van der Waals surface area contributed by atoms with Crippen LogP contribution in [0.15, 0.2) is 58.2 Å². The second-order valence-corrected chi connectivity index (χ2v) is 7.32. The number of pyridine rings is 1. The quantitative estimate of drug-likeness (QED) is 0.624. The molecule has 3 rings (SSSR count). The highest BCUT2D eigenvalue weighted by Gasteiger charge is 2.10. The number of fused-ring (bicyclic) bond motifs is 1. The lowest BCUT2D eigenvalue weighted by molar-refractivity contribution is -0.113. The van der Waals surface area contributed by atoms with Crippen molar-refractivity contribution in [3.05, 3.63) is 63.9 Å². The third-order valence-corrected chi connectivity index (χ3v) is 5.27. The van der Waals surface area contributed by atoms with Crippen molar-refractivity contribution in [1.82, 2.24) is 4.57 Å². The standard InChI is InChI=1S/C20H19ClN2O3S/c1-3-26-15-7-5-14(6-8-15)22-19(24)12-27-18-11-20(25)23(2)17-9-4-13(21)10-16(17)18/h4-11H,3,12H2,1-2H3,(H,22,24). The predicted molar refractivity (Wildman–Crippen MR) is 111 cm³/mol. The lowest BCUT2D eigenvalue weighted by Gasteiger charge is -2.11. The summed E-state index contributed by atoms with van der Waals surface area (Å²) < 4.78 is 6.95. The number of hydrogen-bond donors (Lipinski definition) is 1. The molecule has 0 aliphatic carbocycles. The number of nitrogens with one attached hydrogen (secondary N) is 1. The van der Waals surface area contributed by atoms with E-state index in [2.05, 4.69) is 5.32 Å². The zero-order chi connectivity index (χ0) is 19.4. The molecule has 7 heteroatoms. The van der Waals surface area contributed by atoms with E-state index in [1.165, 1.54) is 17.8 Å². The summed E-state index contributed by atoms with van der Waals surface area (Å²) in [4.78, 5) is 25.2. The Morgan fingerprint density at radius 1 is 1.19 bits per heavy atom. The van der Waals surface area contributed by atoms with Gasteiger partial charge in [-0.15, -0.1) is 11.8 Å². The lowest BCUT2D eigenvalue weighted by Crippen LogP contribution is -2.17. The summed E-state index contributed by atoms with van der Waals surface area (Å²) in [7, 11) is 1.71. The van der Waals surface area contributed by atoms with Crippen molar-refractivity contribution in [3.63, 3.8) is 0 Å². The molecule has 0 fully saturated rings. The molecule has 0 atom stereocenters. The van der Waals surface area contributed by atoms with Crippen molar-refractivity contribution in [2.24, 2.45) is 7.05 Å². The first-order chi connectivity index (χ1) is 13.0. The molecule has 27 heavy (non-hydrogen) atoms. The Hall–Kier alpha value is -2.44. The number of carbonyl (C=O) groups excluding carboxylic acids is 1. The number of ether oxygens (including phenoxy) is 1. The topological polar surface area (TPSA) is 60.3 Å². The first-order valence-electron chi connectivity index (χ1n) is 8.42. The van der Waals surface area contributed by atoms with Crippen LogP contribution in [0.1, 0.15) is 6.92 Å². The molecule has 0 unspecified atom stereocenters. The summed E-state index contributed by atoms with van der Waals surface area (Å²) in [5, 5.41) is 4.28. The van der Waals surface area contributed by atoms with Crippen LogP contribution in [-0.4, -0.2) is 22.8 Å². The Morgan fingerprint density at radius 3 is 2.63 bits per heavy atom. The molecule has 0 saturated heterocycles. The molecule has 1 amide bonds. The van der Waals surface area contributed by atoms with Gasteiger partial charge in [-0.25, -0.2) is 0 Å². The summed E-state index contributed by atoms with van der Waals surface area (Å²) in [5.41, 5.74) is 1.35. The third kappa shape index (κ3) is 4.64. The number of rotatable bonds is 6. The summed E-state index contributed by atoms with van der Waals surface area (Å²) in [5.74, 6) is 0.788. The summed E-state index contributed by atoms with van der Waals surface area (Å²) in [6, 6.07) is 14.1. The van der Waals surface area contributed by atoms with Crippen LogP contribution in [0.25, 0.3) is 10.9 Å². The number of carbonyl (C=O) groups is 1. The minimum Gasteiger partial charge on any atom is -0.494 e. The van der Waals surface area contributed by atoms with Crippen LogP contribution < -0.4 is 15.6 Å². The predicted octanol–water partition coefficient (Wildman–Crippen LogP) is 4.32. The molecule has 0 bridgehead atoms. The number of nitrogens with zero attached hydrogens (tertiary/aromatic N) is 1. The maximum absolute atomic E-state index is 12.3. The second-order valence-electron chi connectivity index (χ2n) is 5.86. The lowest BCUT2D eigenvalue weighted by atomic mass is 10.2. The molecular weight excluding hydrogens is 384 g/mol. The summed E-state index contributed by atoms with van der Waals surface area (Å²) in [6.45, 7) is 2.51. The minimum absolute atomic E-state index is 0.126. The van der Waals surface area contributed by atoms with Crippen molar-refractivity contribution in [2.45, 2.75) is 11.8 Å². The average molecular weight is 403 g/mol. The Kier molecular flexibility index (Phi) is 6.08. The van der Waals surface area contributed by atoms with Crippen molar-refractivity contribution in [2.75, 3.05) is 17.7 Å². The molecule has 0 radical (unpaired) electrons. The molecule has 0 aliphatic heterocycles. The van der Waals surface area contributed by atoms with Gasteiger partial charge in [0.05, 0.1) is 17.9 Å². The molecule has 3 aromatic rings. The van der Waals surface area contributed by atoms with Gasteiger partial charge in [0.2, 0.25) is 5.91 Å². The molecule has 1 aromatic heterocycles. The van der Waals surface area contributed by atoms with Gasteiger partial charge in [0, 0.05) is 34.1 Å². The minimum atomic E-state index is -0.153. The van der Waals surface area contributed by atoms with Gasteiger partial charge in [-0.2, -0.15) is 0 Å². The van der Waals surface area contributed by atoms with Crippen LogP contribution in [-0.2, 0) is 11.8 Å². The maximum atomic E-state index is 12.3. The van der Waals surface area contributed by atoms with E-state index in [4.69, 9.17) is 16.3 Å². The number of amides is 1. The molecule has 1 N–H and O–H groups in total. The van der Waals surface area contributed by atoms with Crippen LogP contribution in [0.4, 0.5) is 5.69 Å². The molecule has 140 valence electrons. The van der Waals surface area contributed by atoms with Crippen LogP contribution in [0.5, 0.6) is 5.75 Å². The fourth-order valence-electron chi connectivity index (χ4n) is 2.66. The van der Waals surface area contributed by atoms with E-state index in [1.54, 1.807) is 29.8 Å². The average Bonchev–Trinajstić information content (AvgIpc) is 2.65. The smallest absolute Gasteiger partial charge is 0.251 e. The van der Waals surface area contributed by atoms with Gasteiger partial charge in [0.15, 0.2) is 0 Å². The molecule has 1 heterocycles.